The van der Waals surface area contributed by atoms with Gasteiger partial charge in [-0.3, -0.25) is 9.36 Å². The van der Waals surface area contributed by atoms with Gasteiger partial charge >= 0.3 is 0 Å². The third-order valence-electron chi connectivity index (χ3n) is 3.08. The van der Waals surface area contributed by atoms with Crippen molar-refractivity contribution in [3.8, 4) is 11.4 Å². The van der Waals surface area contributed by atoms with Gasteiger partial charge in [0.05, 0.1) is 18.5 Å². The first kappa shape index (κ1) is 14.1. The van der Waals surface area contributed by atoms with Crippen molar-refractivity contribution in [1.82, 2.24) is 9.55 Å². The molecule has 0 saturated heterocycles. The molecular formula is C15H19N3O2. The molecule has 106 valence electrons. The zero-order chi connectivity index (χ0) is 14.5. The van der Waals surface area contributed by atoms with Crippen molar-refractivity contribution in [2.45, 2.75) is 13.8 Å². The van der Waals surface area contributed by atoms with E-state index in [-0.39, 0.29) is 5.56 Å². The van der Waals surface area contributed by atoms with Crippen molar-refractivity contribution < 1.29 is 4.74 Å². The first-order valence-electron chi connectivity index (χ1n) is 6.68. The monoisotopic (exact) mass is 273 g/mol. The molecule has 0 N–H and O–H groups in total. The molecule has 0 aliphatic carbocycles. The van der Waals surface area contributed by atoms with E-state index in [0.29, 0.717) is 12.4 Å². The second kappa shape index (κ2) is 6.23. The van der Waals surface area contributed by atoms with Gasteiger partial charge in [-0.1, -0.05) is 0 Å². The average molecular weight is 273 g/mol. The predicted octanol–water partition coefficient (Wildman–Crippen LogP) is 2.09. The third-order valence-corrected chi connectivity index (χ3v) is 3.08. The number of aromatic nitrogens is 2. The van der Waals surface area contributed by atoms with Crippen LogP contribution in [0.3, 0.4) is 0 Å². The van der Waals surface area contributed by atoms with E-state index in [2.05, 4.69) is 11.9 Å². The summed E-state index contributed by atoms with van der Waals surface area (Å²) in [4.78, 5) is 18.4. The number of rotatable bonds is 5. The Kier molecular flexibility index (Phi) is 4.40. The molecule has 2 aromatic heterocycles. The minimum atomic E-state index is -0.130. The lowest BCUT2D eigenvalue weighted by molar-refractivity contribution is 0.339. The second-order valence-electron chi connectivity index (χ2n) is 4.39. The van der Waals surface area contributed by atoms with Gasteiger partial charge in [-0.25, -0.2) is 4.98 Å². The molecule has 0 radical (unpaired) electrons. The SMILES string of the molecule is CCOc1ccn(-c2ccc(N(C)CC)nc2)c(=O)c1. The maximum atomic E-state index is 12.0. The number of hydrogen-bond acceptors (Lipinski definition) is 4. The molecule has 0 fully saturated rings. The molecule has 0 bridgehead atoms. The van der Waals surface area contributed by atoms with E-state index in [0.717, 1.165) is 18.1 Å². The number of ether oxygens (including phenoxy) is 1. The minimum Gasteiger partial charge on any atom is -0.494 e. The molecular weight excluding hydrogens is 254 g/mol. The zero-order valence-electron chi connectivity index (χ0n) is 12.0. The molecule has 0 aliphatic rings. The van der Waals surface area contributed by atoms with Crippen molar-refractivity contribution in [1.29, 1.82) is 0 Å². The van der Waals surface area contributed by atoms with Crippen LogP contribution in [-0.4, -0.2) is 29.8 Å². The molecule has 2 heterocycles. The van der Waals surface area contributed by atoms with Gasteiger partial charge in [-0.2, -0.15) is 0 Å². The molecule has 0 aromatic carbocycles. The molecule has 0 saturated carbocycles. The van der Waals surface area contributed by atoms with Crippen LogP contribution in [0.15, 0.2) is 41.5 Å². The van der Waals surface area contributed by atoms with Crippen LogP contribution in [0.25, 0.3) is 5.69 Å². The molecule has 0 atom stereocenters. The third kappa shape index (κ3) is 2.99. The van der Waals surface area contributed by atoms with Crippen LogP contribution in [0.1, 0.15) is 13.8 Å². The number of hydrogen-bond donors (Lipinski definition) is 0. The van der Waals surface area contributed by atoms with Gasteiger partial charge in [-0.05, 0) is 32.0 Å². The Morgan fingerprint density at radius 2 is 2.10 bits per heavy atom. The van der Waals surface area contributed by atoms with Crippen molar-refractivity contribution >= 4 is 5.82 Å². The second-order valence-corrected chi connectivity index (χ2v) is 4.39. The van der Waals surface area contributed by atoms with Crippen LogP contribution < -0.4 is 15.2 Å². The van der Waals surface area contributed by atoms with Gasteiger partial charge in [0.2, 0.25) is 0 Å². The van der Waals surface area contributed by atoms with Gasteiger partial charge in [0.15, 0.2) is 0 Å². The van der Waals surface area contributed by atoms with Crippen LogP contribution in [0.5, 0.6) is 5.75 Å². The van der Waals surface area contributed by atoms with Crippen LogP contribution in [0.4, 0.5) is 5.82 Å². The summed E-state index contributed by atoms with van der Waals surface area (Å²) in [6.07, 6.45) is 3.40. The fourth-order valence-electron chi connectivity index (χ4n) is 1.84. The van der Waals surface area contributed by atoms with E-state index < -0.39 is 0 Å². The summed E-state index contributed by atoms with van der Waals surface area (Å²) in [5.41, 5.74) is 0.612. The van der Waals surface area contributed by atoms with Gasteiger partial charge in [0, 0.05) is 25.9 Å². The van der Waals surface area contributed by atoms with E-state index in [9.17, 15) is 4.79 Å². The lowest BCUT2D eigenvalue weighted by Crippen LogP contribution is -2.19. The summed E-state index contributed by atoms with van der Waals surface area (Å²) >= 11 is 0. The molecule has 2 aromatic rings. The normalized spacial score (nSPS) is 10.3. The van der Waals surface area contributed by atoms with E-state index in [4.69, 9.17) is 4.74 Å². The molecule has 0 aliphatic heterocycles. The smallest absolute Gasteiger partial charge is 0.258 e. The first-order valence-corrected chi connectivity index (χ1v) is 6.68. The van der Waals surface area contributed by atoms with E-state index in [1.54, 1.807) is 23.0 Å². The van der Waals surface area contributed by atoms with Gasteiger partial charge in [0.25, 0.3) is 5.56 Å². The molecule has 5 heteroatoms. The van der Waals surface area contributed by atoms with Gasteiger partial charge < -0.3 is 9.64 Å². The number of anilines is 1. The van der Waals surface area contributed by atoms with Gasteiger partial charge in [-0.15, -0.1) is 0 Å². The quantitative estimate of drug-likeness (QED) is 0.837. The highest BCUT2D eigenvalue weighted by molar-refractivity contribution is 5.42. The number of pyridine rings is 2. The summed E-state index contributed by atoms with van der Waals surface area (Å²) in [5, 5.41) is 0. The van der Waals surface area contributed by atoms with E-state index >= 15 is 0 Å². The molecule has 2 rings (SSSR count). The lowest BCUT2D eigenvalue weighted by atomic mass is 10.3. The molecule has 0 amide bonds. The Labute approximate surface area is 118 Å². The lowest BCUT2D eigenvalue weighted by Gasteiger charge is -2.15. The highest BCUT2D eigenvalue weighted by Crippen LogP contribution is 2.13. The first-order chi connectivity index (χ1) is 9.65. The van der Waals surface area contributed by atoms with Crippen LogP contribution in [0.2, 0.25) is 0 Å². The van der Waals surface area contributed by atoms with Crippen molar-refractivity contribution in [3.63, 3.8) is 0 Å². The molecule has 0 unspecified atom stereocenters. The Bertz CT molecular complexity index is 620. The maximum Gasteiger partial charge on any atom is 0.258 e. The Hall–Kier alpha value is -2.30. The Balaban J connectivity index is 2.30. The summed E-state index contributed by atoms with van der Waals surface area (Å²) in [6, 6.07) is 7.05. The summed E-state index contributed by atoms with van der Waals surface area (Å²) in [6.45, 7) is 5.38. The summed E-state index contributed by atoms with van der Waals surface area (Å²) in [5.74, 6) is 1.47. The fraction of sp³-hybridized carbons (Fsp3) is 0.333. The van der Waals surface area contributed by atoms with E-state index in [1.165, 1.54) is 6.07 Å². The molecule has 20 heavy (non-hydrogen) atoms. The van der Waals surface area contributed by atoms with E-state index in [1.807, 2.05) is 31.0 Å². The summed E-state index contributed by atoms with van der Waals surface area (Å²) < 4.78 is 6.85. The largest absolute Gasteiger partial charge is 0.494 e. The number of nitrogens with zero attached hydrogens (tertiary/aromatic N) is 3. The molecule has 0 spiro atoms. The minimum absolute atomic E-state index is 0.130. The van der Waals surface area contributed by atoms with Crippen LogP contribution in [0, 0.1) is 0 Å². The summed E-state index contributed by atoms with van der Waals surface area (Å²) in [7, 11) is 1.98. The zero-order valence-corrected chi connectivity index (χ0v) is 12.0. The molecule has 5 nitrogen and oxygen atoms in total. The average Bonchev–Trinajstić information content (AvgIpc) is 2.47. The standard InChI is InChI=1S/C15H19N3O2/c1-4-17(3)14-7-6-12(11-16-14)18-9-8-13(20-5-2)10-15(18)19/h6-11H,4-5H2,1-3H3. The van der Waals surface area contributed by atoms with Crippen molar-refractivity contribution in [2.75, 3.05) is 25.1 Å². The highest BCUT2D eigenvalue weighted by Gasteiger charge is 2.04. The highest BCUT2D eigenvalue weighted by atomic mass is 16.5. The fourth-order valence-corrected chi connectivity index (χ4v) is 1.84. The predicted molar refractivity (Wildman–Crippen MR) is 79.9 cm³/mol. The van der Waals surface area contributed by atoms with Crippen molar-refractivity contribution in [3.05, 3.63) is 47.0 Å². The van der Waals surface area contributed by atoms with Crippen LogP contribution >= 0.6 is 0 Å². The van der Waals surface area contributed by atoms with Gasteiger partial charge in [0.1, 0.15) is 11.6 Å². The van der Waals surface area contributed by atoms with Crippen molar-refractivity contribution in [2.24, 2.45) is 0 Å². The topological polar surface area (TPSA) is 47.4 Å². The van der Waals surface area contributed by atoms with Crippen LogP contribution in [-0.2, 0) is 0 Å². The Morgan fingerprint density at radius 1 is 1.30 bits per heavy atom. The Morgan fingerprint density at radius 3 is 2.65 bits per heavy atom. The maximum absolute atomic E-state index is 12.0.